The van der Waals surface area contributed by atoms with Gasteiger partial charge in [0.2, 0.25) is 0 Å². The van der Waals surface area contributed by atoms with E-state index < -0.39 is 10.0 Å². The van der Waals surface area contributed by atoms with Crippen molar-refractivity contribution < 1.29 is 12.9 Å². The number of sulfonamides is 1. The summed E-state index contributed by atoms with van der Waals surface area (Å²) in [4.78, 5) is 0.223. The quantitative estimate of drug-likeness (QED) is 0.782. The fourth-order valence-electron chi connectivity index (χ4n) is 2.92. The van der Waals surface area contributed by atoms with Crippen molar-refractivity contribution in [2.24, 2.45) is 0 Å². The highest BCUT2D eigenvalue weighted by Gasteiger charge is 2.22. The van der Waals surface area contributed by atoms with Gasteiger partial charge in [-0.15, -0.1) is 0 Å². The monoisotopic (exact) mass is 348 g/mol. The van der Waals surface area contributed by atoms with Crippen LogP contribution >= 0.6 is 11.6 Å². The van der Waals surface area contributed by atoms with Crippen LogP contribution < -0.4 is 4.72 Å². The first kappa shape index (κ1) is 14.5. The van der Waals surface area contributed by atoms with Gasteiger partial charge in [0, 0.05) is 0 Å². The highest BCUT2D eigenvalue weighted by Crippen LogP contribution is 2.32. The summed E-state index contributed by atoms with van der Waals surface area (Å²) in [6.07, 6.45) is 2.99. The Labute approximate surface area is 138 Å². The van der Waals surface area contributed by atoms with E-state index >= 15 is 0 Å². The lowest BCUT2D eigenvalue weighted by molar-refractivity contribution is 0.460. The molecule has 0 saturated heterocycles. The molecule has 0 unspecified atom stereocenters. The Morgan fingerprint density at radius 3 is 2.83 bits per heavy atom. The summed E-state index contributed by atoms with van der Waals surface area (Å²) in [7, 11) is -3.74. The van der Waals surface area contributed by atoms with E-state index in [4.69, 9.17) is 16.1 Å². The van der Waals surface area contributed by atoms with E-state index in [1.54, 1.807) is 30.3 Å². The molecule has 5 nitrogen and oxygen atoms in total. The number of aryl methyl sites for hydroxylation is 2. The number of benzene rings is 2. The first-order chi connectivity index (χ1) is 11.0. The summed E-state index contributed by atoms with van der Waals surface area (Å²) in [5.74, 6) is 0.103. The maximum atomic E-state index is 12.6. The fraction of sp³-hybridized carbons (Fsp3) is 0.188. The van der Waals surface area contributed by atoms with Crippen LogP contribution in [-0.4, -0.2) is 13.6 Å². The van der Waals surface area contributed by atoms with Gasteiger partial charge in [-0.2, -0.15) is 0 Å². The van der Waals surface area contributed by atoms with Gasteiger partial charge in [-0.1, -0.05) is 28.9 Å². The van der Waals surface area contributed by atoms with Crippen LogP contribution in [0, 0.1) is 0 Å². The standard InChI is InChI=1S/C16H13ClN2O3S/c17-13-5-2-6-14-15(13)16(18-22-14)19-23(20,21)12-8-7-10-3-1-4-11(10)9-12/h2,5-9H,1,3-4H2,(H,18,19). The fourth-order valence-corrected chi connectivity index (χ4v) is 4.23. The average molecular weight is 349 g/mol. The number of hydrogen-bond donors (Lipinski definition) is 1. The third-order valence-corrected chi connectivity index (χ3v) is 5.71. The van der Waals surface area contributed by atoms with Crippen LogP contribution in [0.1, 0.15) is 17.5 Å². The van der Waals surface area contributed by atoms with Gasteiger partial charge in [0.05, 0.1) is 15.3 Å². The summed E-state index contributed by atoms with van der Waals surface area (Å²) in [6, 6.07) is 10.3. The van der Waals surface area contributed by atoms with Crippen LogP contribution in [0.5, 0.6) is 0 Å². The summed E-state index contributed by atoms with van der Waals surface area (Å²) < 4.78 is 32.8. The molecule has 0 amide bonds. The molecule has 4 rings (SSSR count). The smallest absolute Gasteiger partial charge is 0.263 e. The Hall–Kier alpha value is -2.05. The molecule has 0 radical (unpaired) electrons. The molecule has 1 heterocycles. The third-order valence-electron chi connectivity index (χ3n) is 4.06. The van der Waals surface area contributed by atoms with E-state index in [1.807, 2.05) is 6.07 Å². The lowest BCUT2D eigenvalue weighted by Crippen LogP contribution is -2.13. The van der Waals surface area contributed by atoms with E-state index in [-0.39, 0.29) is 10.7 Å². The van der Waals surface area contributed by atoms with E-state index in [1.165, 1.54) is 5.56 Å². The van der Waals surface area contributed by atoms with Crippen LogP contribution in [0.4, 0.5) is 5.82 Å². The number of hydrogen-bond acceptors (Lipinski definition) is 4. The SMILES string of the molecule is O=S(=O)(Nc1noc2cccc(Cl)c12)c1ccc2c(c1)CCC2. The molecule has 1 aliphatic rings. The summed E-state index contributed by atoms with van der Waals surface area (Å²) in [5.41, 5.74) is 2.75. The van der Waals surface area contributed by atoms with Gasteiger partial charge >= 0.3 is 0 Å². The molecule has 0 bridgehead atoms. The van der Waals surface area contributed by atoms with Crippen LogP contribution in [0.2, 0.25) is 5.02 Å². The second kappa shape index (κ2) is 5.25. The van der Waals surface area contributed by atoms with Crippen LogP contribution in [0.3, 0.4) is 0 Å². The molecule has 23 heavy (non-hydrogen) atoms. The maximum absolute atomic E-state index is 12.6. The molecule has 3 aromatic rings. The number of nitrogens with zero attached hydrogens (tertiary/aromatic N) is 1. The third kappa shape index (κ3) is 2.48. The van der Waals surface area contributed by atoms with E-state index in [2.05, 4.69) is 9.88 Å². The van der Waals surface area contributed by atoms with Crippen molar-refractivity contribution in [2.45, 2.75) is 24.2 Å². The number of fused-ring (bicyclic) bond motifs is 2. The number of nitrogens with one attached hydrogen (secondary N) is 1. The molecule has 1 aromatic heterocycles. The van der Waals surface area contributed by atoms with Crippen molar-refractivity contribution in [1.29, 1.82) is 0 Å². The van der Waals surface area contributed by atoms with Gasteiger partial charge in [0.1, 0.15) is 0 Å². The minimum Gasteiger partial charge on any atom is -0.354 e. The first-order valence-electron chi connectivity index (χ1n) is 7.23. The molecule has 0 saturated carbocycles. The minimum absolute atomic E-state index is 0.103. The molecule has 0 atom stereocenters. The van der Waals surface area contributed by atoms with Gasteiger partial charge in [-0.05, 0) is 54.7 Å². The summed E-state index contributed by atoms with van der Waals surface area (Å²) >= 11 is 6.12. The highest BCUT2D eigenvalue weighted by molar-refractivity contribution is 7.92. The molecule has 118 valence electrons. The van der Waals surface area contributed by atoms with Crippen LogP contribution in [-0.2, 0) is 22.9 Å². The van der Waals surface area contributed by atoms with Gasteiger partial charge in [-0.3, -0.25) is 4.72 Å². The number of anilines is 1. The van der Waals surface area contributed by atoms with E-state index in [0.717, 1.165) is 24.8 Å². The summed E-state index contributed by atoms with van der Waals surface area (Å²) in [6.45, 7) is 0. The first-order valence-corrected chi connectivity index (χ1v) is 9.09. The van der Waals surface area contributed by atoms with Gasteiger partial charge in [-0.25, -0.2) is 8.42 Å². The zero-order chi connectivity index (χ0) is 16.0. The predicted molar refractivity (Wildman–Crippen MR) is 88.3 cm³/mol. The lowest BCUT2D eigenvalue weighted by Gasteiger charge is -2.08. The molecule has 2 aromatic carbocycles. The molecule has 7 heteroatoms. The number of aromatic nitrogens is 1. The predicted octanol–water partition coefficient (Wildman–Crippen LogP) is 3.77. The Bertz CT molecular complexity index is 1010. The van der Waals surface area contributed by atoms with Crippen molar-refractivity contribution in [3.63, 3.8) is 0 Å². The molecule has 0 spiro atoms. The Morgan fingerprint density at radius 2 is 1.96 bits per heavy atom. The van der Waals surface area contributed by atoms with Crippen molar-refractivity contribution in [2.75, 3.05) is 4.72 Å². The molecule has 0 aliphatic heterocycles. The Balaban J connectivity index is 1.74. The van der Waals surface area contributed by atoms with Gasteiger partial charge < -0.3 is 4.52 Å². The second-order valence-electron chi connectivity index (χ2n) is 5.53. The lowest BCUT2D eigenvalue weighted by atomic mass is 10.1. The topological polar surface area (TPSA) is 72.2 Å². The molecule has 1 aliphatic carbocycles. The maximum Gasteiger partial charge on any atom is 0.263 e. The minimum atomic E-state index is -3.74. The van der Waals surface area contributed by atoms with Gasteiger partial charge in [0.15, 0.2) is 11.4 Å². The normalized spacial score (nSPS) is 14.1. The van der Waals surface area contributed by atoms with Crippen molar-refractivity contribution in [3.05, 3.63) is 52.5 Å². The zero-order valence-corrected chi connectivity index (χ0v) is 13.6. The molecular formula is C16H13ClN2O3S. The molecule has 1 N–H and O–H groups in total. The average Bonchev–Trinajstić information content (AvgIpc) is 3.13. The second-order valence-corrected chi connectivity index (χ2v) is 7.62. The highest BCUT2D eigenvalue weighted by atomic mass is 35.5. The van der Waals surface area contributed by atoms with Crippen LogP contribution in [0.15, 0.2) is 45.8 Å². The van der Waals surface area contributed by atoms with E-state index in [9.17, 15) is 8.42 Å². The Kier molecular flexibility index (Phi) is 3.32. The van der Waals surface area contributed by atoms with Crippen molar-refractivity contribution >= 4 is 38.4 Å². The van der Waals surface area contributed by atoms with Crippen molar-refractivity contribution in [3.8, 4) is 0 Å². The zero-order valence-electron chi connectivity index (χ0n) is 12.0. The van der Waals surface area contributed by atoms with Crippen molar-refractivity contribution in [1.82, 2.24) is 5.16 Å². The Morgan fingerprint density at radius 1 is 1.13 bits per heavy atom. The number of halogens is 1. The van der Waals surface area contributed by atoms with Gasteiger partial charge in [0.25, 0.3) is 10.0 Å². The summed E-state index contributed by atoms with van der Waals surface area (Å²) in [5, 5.41) is 4.63. The number of rotatable bonds is 3. The van der Waals surface area contributed by atoms with Crippen LogP contribution in [0.25, 0.3) is 11.0 Å². The molecule has 0 fully saturated rings. The van der Waals surface area contributed by atoms with E-state index in [0.29, 0.717) is 16.0 Å². The largest absolute Gasteiger partial charge is 0.354 e. The molecular weight excluding hydrogens is 336 g/mol.